The molecule has 0 aromatic rings. The number of rotatable bonds is 6. The van der Waals surface area contributed by atoms with Gasteiger partial charge in [-0.25, -0.2) is 9.59 Å². The molecule has 2 heterocycles. The summed E-state index contributed by atoms with van der Waals surface area (Å²) < 4.78 is 17.9. The van der Waals surface area contributed by atoms with E-state index in [0.717, 1.165) is 26.2 Å². The Labute approximate surface area is 236 Å². The number of hydrogen-bond acceptors (Lipinski definition) is 10. The number of fused-ring (bicyclic) bond motifs is 3. The highest BCUT2D eigenvalue weighted by Crippen LogP contribution is 2.67. The summed E-state index contributed by atoms with van der Waals surface area (Å²) in [6, 6.07) is 0. The van der Waals surface area contributed by atoms with Crippen molar-refractivity contribution in [2.24, 2.45) is 16.7 Å². The van der Waals surface area contributed by atoms with Crippen LogP contribution in [0.4, 0.5) is 0 Å². The first-order valence-electron chi connectivity index (χ1n) is 14.2. The van der Waals surface area contributed by atoms with E-state index in [0.29, 0.717) is 17.3 Å². The normalized spacial score (nSPS) is 44.1. The molecular weight excluding hydrogens is 520 g/mol. The Morgan fingerprint density at radius 3 is 2.38 bits per heavy atom. The summed E-state index contributed by atoms with van der Waals surface area (Å²) >= 11 is 0. The van der Waals surface area contributed by atoms with Crippen molar-refractivity contribution in [2.75, 3.05) is 46.4 Å². The Kier molecular flexibility index (Phi) is 7.87. The summed E-state index contributed by atoms with van der Waals surface area (Å²) in [5, 5.41) is 38.9. The minimum absolute atomic E-state index is 0.0975. The lowest BCUT2D eigenvalue weighted by molar-refractivity contribution is -0.904. The topological polar surface area (TPSA) is 152 Å². The predicted octanol–water partition coefficient (Wildman–Crippen LogP) is 0.0930. The highest BCUT2D eigenvalue weighted by molar-refractivity contribution is 5.92. The number of carbonyl (C=O) groups is 3. The SMILES string of the molecule is C=C[C@@]1(C)CC(=O)[C@]2(O)[C@@]3(C)[C@@H](O)CCC(C)(C)[C@@H]3[C@H](O)[C@H](OC(=O)COC(=O)C[N+]3(C)CCNCC3)[C@@]2(C)O1. The molecule has 2 saturated carbocycles. The highest BCUT2D eigenvalue weighted by Gasteiger charge is 2.81. The fraction of sp³-hybridized carbons (Fsp3) is 0.828. The van der Waals surface area contributed by atoms with Gasteiger partial charge in [0.25, 0.3) is 0 Å². The van der Waals surface area contributed by atoms with Crippen LogP contribution >= 0.6 is 0 Å². The molecule has 226 valence electrons. The Morgan fingerprint density at radius 2 is 1.77 bits per heavy atom. The minimum atomic E-state index is -2.31. The first-order valence-corrected chi connectivity index (χ1v) is 14.2. The standard InChI is InChI=1S/C29H47N2O9/c1-8-26(4)15-19(33)29(37)27(5)18(32)9-10-25(2,3)23(27)22(36)24(28(29,6)40-26)39-21(35)17-38-20(34)16-31(7)13-11-30-12-14-31/h8,18,22-24,30,32,36-37H,1,9-17H2,2-7H3/q+1/t18-,22-,23-,24-,26-,27-,28+,29-/m0/s1. The number of carbonyl (C=O) groups excluding carboxylic acids is 3. The van der Waals surface area contributed by atoms with Crippen molar-refractivity contribution in [3.8, 4) is 0 Å². The largest absolute Gasteiger partial charge is 0.454 e. The van der Waals surface area contributed by atoms with Gasteiger partial charge in [0.05, 0.1) is 37.9 Å². The minimum Gasteiger partial charge on any atom is -0.454 e. The number of piperazine rings is 1. The molecule has 4 fully saturated rings. The summed E-state index contributed by atoms with van der Waals surface area (Å²) in [4.78, 5) is 39.6. The van der Waals surface area contributed by atoms with E-state index in [1.807, 2.05) is 20.9 Å². The second-order valence-corrected chi connectivity index (χ2v) is 13.9. The molecule has 4 N–H and O–H groups in total. The molecule has 11 heteroatoms. The molecule has 0 amide bonds. The van der Waals surface area contributed by atoms with Crippen molar-refractivity contribution in [1.82, 2.24) is 5.32 Å². The third-order valence-corrected chi connectivity index (χ3v) is 10.5. The fourth-order valence-corrected chi connectivity index (χ4v) is 8.25. The monoisotopic (exact) mass is 567 g/mol. The zero-order chi connectivity index (χ0) is 29.9. The van der Waals surface area contributed by atoms with E-state index in [-0.39, 0.29) is 13.0 Å². The van der Waals surface area contributed by atoms with Crippen LogP contribution in [0.3, 0.4) is 0 Å². The van der Waals surface area contributed by atoms with Crippen LogP contribution in [-0.4, -0.2) is 119 Å². The Morgan fingerprint density at radius 1 is 1.15 bits per heavy atom. The molecule has 0 radical (unpaired) electrons. The van der Waals surface area contributed by atoms with Gasteiger partial charge in [-0.15, -0.1) is 6.58 Å². The molecule has 0 aromatic heterocycles. The zero-order valence-corrected chi connectivity index (χ0v) is 24.7. The molecule has 0 spiro atoms. The van der Waals surface area contributed by atoms with Gasteiger partial charge in [0.15, 0.2) is 30.6 Å². The van der Waals surface area contributed by atoms with Crippen molar-refractivity contribution in [3.05, 3.63) is 12.7 Å². The number of nitrogens with zero attached hydrogens (tertiary/aromatic N) is 1. The van der Waals surface area contributed by atoms with Crippen molar-refractivity contribution in [2.45, 2.75) is 89.0 Å². The average Bonchev–Trinajstić information content (AvgIpc) is 2.86. The molecule has 2 aliphatic heterocycles. The maximum atomic E-state index is 13.9. The summed E-state index contributed by atoms with van der Waals surface area (Å²) in [6.45, 7) is 14.7. The van der Waals surface area contributed by atoms with E-state index in [9.17, 15) is 29.7 Å². The molecule has 0 unspecified atom stereocenters. The summed E-state index contributed by atoms with van der Waals surface area (Å²) in [5.41, 5.74) is -7.64. The Bertz CT molecular complexity index is 1060. The van der Waals surface area contributed by atoms with Crippen LogP contribution in [-0.2, 0) is 28.6 Å². The molecule has 2 saturated heterocycles. The molecule has 4 aliphatic rings. The molecule has 11 nitrogen and oxygen atoms in total. The van der Waals surface area contributed by atoms with E-state index >= 15 is 0 Å². The van der Waals surface area contributed by atoms with Gasteiger partial charge in [0.2, 0.25) is 0 Å². The maximum Gasteiger partial charge on any atom is 0.362 e. The van der Waals surface area contributed by atoms with Crippen LogP contribution in [0.2, 0.25) is 0 Å². The number of likely N-dealkylation sites (N-methyl/N-ethyl adjacent to an activating group) is 1. The quantitative estimate of drug-likeness (QED) is 0.198. The number of nitrogens with one attached hydrogen (secondary N) is 1. The molecule has 40 heavy (non-hydrogen) atoms. The third kappa shape index (κ3) is 4.62. The number of Topliss-reactive ketones (excluding diaryl/α,β-unsaturated/α-hetero) is 1. The van der Waals surface area contributed by atoms with Crippen molar-refractivity contribution in [3.63, 3.8) is 0 Å². The van der Waals surface area contributed by atoms with Crippen LogP contribution < -0.4 is 5.32 Å². The van der Waals surface area contributed by atoms with Crippen LogP contribution in [0.1, 0.15) is 53.9 Å². The third-order valence-electron chi connectivity index (χ3n) is 10.5. The second-order valence-electron chi connectivity index (χ2n) is 13.9. The van der Waals surface area contributed by atoms with Gasteiger partial charge in [-0.05, 0) is 32.1 Å². The number of aliphatic hydroxyl groups is 3. The highest BCUT2D eigenvalue weighted by atomic mass is 16.6. The second kappa shape index (κ2) is 10.1. The first kappa shape index (κ1) is 31.1. The van der Waals surface area contributed by atoms with Crippen molar-refractivity contribution in [1.29, 1.82) is 0 Å². The summed E-state index contributed by atoms with van der Waals surface area (Å²) in [6.07, 6.45) is -1.99. The molecular formula is C29H47N2O9+. The number of aliphatic hydroxyl groups excluding tert-OH is 2. The summed E-state index contributed by atoms with van der Waals surface area (Å²) in [7, 11) is 1.95. The lowest BCUT2D eigenvalue weighted by Crippen LogP contribution is -2.86. The van der Waals surface area contributed by atoms with Crippen molar-refractivity contribution < 1.29 is 48.4 Å². The van der Waals surface area contributed by atoms with Gasteiger partial charge in [-0.3, -0.25) is 4.79 Å². The number of ether oxygens (including phenoxy) is 3. The molecule has 2 aliphatic carbocycles. The van der Waals surface area contributed by atoms with Gasteiger partial charge in [-0.1, -0.05) is 26.8 Å². The number of quaternary nitrogens is 1. The van der Waals surface area contributed by atoms with Gasteiger partial charge in [-0.2, -0.15) is 0 Å². The number of ketones is 1. The fourth-order valence-electron chi connectivity index (χ4n) is 8.25. The number of esters is 2. The van der Waals surface area contributed by atoms with Gasteiger partial charge < -0.3 is 39.3 Å². The van der Waals surface area contributed by atoms with Crippen LogP contribution in [0, 0.1) is 16.7 Å². The Balaban J connectivity index is 1.65. The van der Waals surface area contributed by atoms with Gasteiger partial charge in [0, 0.05) is 30.8 Å². The van der Waals surface area contributed by atoms with Gasteiger partial charge in [0.1, 0.15) is 5.60 Å². The van der Waals surface area contributed by atoms with Crippen LogP contribution in [0.25, 0.3) is 0 Å². The molecule has 0 aromatic carbocycles. The zero-order valence-electron chi connectivity index (χ0n) is 24.7. The van der Waals surface area contributed by atoms with Crippen LogP contribution in [0.5, 0.6) is 0 Å². The number of hydrogen-bond donors (Lipinski definition) is 4. The molecule has 0 bridgehead atoms. The van der Waals surface area contributed by atoms with Crippen LogP contribution in [0.15, 0.2) is 12.7 Å². The van der Waals surface area contributed by atoms with E-state index in [2.05, 4.69) is 11.9 Å². The van der Waals surface area contributed by atoms with E-state index in [1.165, 1.54) is 13.0 Å². The van der Waals surface area contributed by atoms with Crippen molar-refractivity contribution >= 4 is 17.7 Å². The van der Waals surface area contributed by atoms with E-state index in [4.69, 9.17) is 14.2 Å². The predicted molar refractivity (Wildman–Crippen MR) is 144 cm³/mol. The van der Waals surface area contributed by atoms with E-state index in [1.54, 1.807) is 13.8 Å². The smallest absolute Gasteiger partial charge is 0.362 e. The average molecular weight is 568 g/mol. The molecule has 8 atom stereocenters. The Hall–Kier alpha value is -1.89. The molecule has 4 rings (SSSR count). The first-order chi connectivity index (χ1) is 18.4. The maximum absolute atomic E-state index is 13.9. The summed E-state index contributed by atoms with van der Waals surface area (Å²) in [5.74, 6) is -2.91. The lowest BCUT2D eigenvalue weighted by Gasteiger charge is -2.71. The van der Waals surface area contributed by atoms with Gasteiger partial charge >= 0.3 is 11.9 Å². The lowest BCUT2D eigenvalue weighted by atomic mass is 9.40. The van der Waals surface area contributed by atoms with E-state index < -0.39 is 76.2 Å².